The zero-order chi connectivity index (χ0) is 20.1. The molecule has 1 atom stereocenters. The quantitative estimate of drug-likeness (QED) is 0.538. The van der Waals surface area contributed by atoms with E-state index in [0.717, 1.165) is 24.3 Å². The molecule has 0 aliphatic rings. The summed E-state index contributed by atoms with van der Waals surface area (Å²) in [5, 5.41) is 0.465. The van der Waals surface area contributed by atoms with Crippen LogP contribution in [0.15, 0.2) is 66.1 Å². The van der Waals surface area contributed by atoms with E-state index >= 15 is 0 Å². The minimum absolute atomic E-state index is 0.0319. The average Bonchev–Trinajstić information content (AvgIpc) is 2.59. The molecule has 0 aromatic heterocycles. The largest absolute Gasteiger partial charge is 0.449 e. The fraction of sp³-hybridized carbons (Fsp3) is 0.222. The summed E-state index contributed by atoms with van der Waals surface area (Å²) in [6, 6.07) is 12.3. The second-order valence-corrected chi connectivity index (χ2v) is 6.83. The van der Waals surface area contributed by atoms with E-state index in [-0.39, 0.29) is 12.2 Å². The van der Waals surface area contributed by atoms with Crippen LogP contribution in [-0.4, -0.2) is 18.8 Å². The van der Waals surface area contributed by atoms with Crippen molar-refractivity contribution in [3.8, 4) is 11.5 Å². The summed E-state index contributed by atoms with van der Waals surface area (Å²) in [4.78, 5) is 0. The van der Waals surface area contributed by atoms with E-state index in [4.69, 9.17) is 14.0 Å². The fourth-order valence-corrected chi connectivity index (χ4v) is 2.54. The molecule has 1 unspecified atom stereocenters. The van der Waals surface area contributed by atoms with Crippen LogP contribution in [0.4, 0.5) is 13.2 Å². The minimum Gasteiger partial charge on any atom is -0.449 e. The molecule has 5 nitrogen and oxygen atoms in total. The molecule has 27 heavy (non-hydrogen) atoms. The van der Waals surface area contributed by atoms with Crippen LogP contribution in [0.2, 0.25) is 0 Å². The normalized spacial score (nSPS) is 14.7. The van der Waals surface area contributed by atoms with Gasteiger partial charge < -0.3 is 9.47 Å². The summed E-state index contributed by atoms with van der Waals surface area (Å²) in [5.74, 6) is -1.64. The topological polar surface area (TPSA) is 72.8 Å². The third-order valence-corrected chi connectivity index (χ3v) is 3.95. The maximum Gasteiger partial charge on any atom is 0.416 e. The van der Waals surface area contributed by atoms with E-state index in [1.807, 2.05) is 0 Å². The highest BCUT2D eigenvalue weighted by Gasteiger charge is 2.34. The number of halogens is 3. The first-order chi connectivity index (χ1) is 12.5. The molecule has 0 aliphatic carbocycles. The number of hydrogen-bond donors (Lipinski definition) is 1. The molecule has 0 bridgehead atoms. The number of hydrogen-bond acceptors (Lipinski definition) is 4. The SMILES string of the molecule is CCC(C=CS(=O)(=O)O)(Oc1ccccc1)Oc1cccc(C(F)(F)F)c1. The van der Waals surface area contributed by atoms with Gasteiger partial charge in [0.2, 0.25) is 0 Å². The highest BCUT2D eigenvalue weighted by atomic mass is 32.2. The number of para-hydroxylation sites is 1. The van der Waals surface area contributed by atoms with E-state index < -0.39 is 27.6 Å². The molecule has 146 valence electrons. The van der Waals surface area contributed by atoms with Crippen molar-refractivity contribution in [1.29, 1.82) is 0 Å². The summed E-state index contributed by atoms with van der Waals surface area (Å²) in [6.07, 6.45) is -3.60. The van der Waals surface area contributed by atoms with E-state index in [1.165, 1.54) is 6.07 Å². The van der Waals surface area contributed by atoms with Crippen LogP contribution in [0.3, 0.4) is 0 Å². The second kappa shape index (κ2) is 8.01. The maximum atomic E-state index is 12.9. The number of alkyl halides is 3. The molecule has 0 heterocycles. The van der Waals surface area contributed by atoms with Crippen LogP contribution < -0.4 is 9.47 Å². The molecular weight excluding hydrogens is 385 g/mol. The molecule has 2 aromatic carbocycles. The predicted octanol–water partition coefficient (Wildman–Crippen LogP) is 4.67. The van der Waals surface area contributed by atoms with Gasteiger partial charge in [0.15, 0.2) is 0 Å². The van der Waals surface area contributed by atoms with Gasteiger partial charge in [-0.2, -0.15) is 21.6 Å². The molecule has 0 saturated carbocycles. The average molecular weight is 402 g/mol. The molecule has 9 heteroatoms. The van der Waals surface area contributed by atoms with E-state index in [2.05, 4.69) is 0 Å². The molecule has 0 amide bonds. The number of benzene rings is 2. The monoisotopic (exact) mass is 402 g/mol. The van der Waals surface area contributed by atoms with Gasteiger partial charge in [0.1, 0.15) is 11.5 Å². The second-order valence-electron chi connectivity index (χ2n) is 5.53. The van der Waals surface area contributed by atoms with Crippen molar-refractivity contribution >= 4 is 10.1 Å². The van der Waals surface area contributed by atoms with E-state index in [1.54, 1.807) is 37.3 Å². The maximum absolute atomic E-state index is 12.9. The van der Waals surface area contributed by atoms with Gasteiger partial charge >= 0.3 is 6.18 Å². The first kappa shape index (κ1) is 20.8. The molecule has 2 rings (SSSR count). The van der Waals surface area contributed by atoms with Gasteiger partial charge in [-0.25, -0.2) is 0 Å². The Bertz CT molecular complexity index is 895. The van der Waals surface area contributed by atoms with E-state index in [9.17, 15) is 21.6 Å². The Balaban J connectivity index is 2.44. The first-order valence-electron chi connectivity index (χ1n) is 7.80. The Morgan fingerprint density at radius 2 is 1.59 bits per heavy atom. The van der Waals surface area contributed by atoms with Crippen LogP contribution in [0.25, 0.3) is 0 Å². The van der Waals surface area contributed by atoms with Crippen molar-refractivity contribution in [2.45, 2.75) is 25.3 Å². The molecule has 1 N–H and O–H groups in total. The summed E-state index contributed by atoms with van der Waals surface area (Å²) in [6.45, 7) is 1.59. The van der Waals surface area contributed by atoms with Crippen molar-refractivity contribution < 1.29 is 35.6 Å². The van der Waals surface area contributed by atoms with Crippen molar-refractivity contribution in [2.75, 3.05) is 0 Å². The molecule has 0 fully saturated rings. The van der Waals surface area contributed by atoms with Gasteiger partial charge in [-0.15, -0.1) is 0 Å². The third kappa shape index (κ3) is 6.30. The van der Waals surface area contributed by atoms with Crippen LogP contribution in [0.1, 0.15) is 18.9 Å². The molecule has 2 aromatic rings. The minimum atomic E-state index is -4.57. The molecular formula is C18H17F3O5S. The van der Waals surface area contributed by atoms with Gasteiger partial charge in [-0.1, -0.05) is 31.2 Å². The van der Waals surface area contributed by atoms with Crippen molar-refractivity contribution in [3.05, 3.63) is 71.6 Å². The standard InChI is InChI=1S/C18H17F3O5S/c1-2-17(11-12-27(22,23)24,25-15-8-4-3-5-9-15)26-16-10-6-7-14(13-16)18(19,20)21/h3-13H,2H2,1H3,(H,22,23,24). The van der Waals surface area contributed by atoms with Gasteiger partial charge in [0.05, 0.1) is 11.0 Å². The summed E-state index contributed by atoms with van der Waals surface area (Å²) < 4.78 is 81.2. The predicted molar refractivity (Wildman–Crippen MR) is 92.9 cm³/mol. The zero-order valence-electron chi connectivity index (χ0n) is 14.2. The highest BCUT2D eigenvalue weighted by Crippen LogP contribution is 2.33. The van der Waals surface area contributed by atoms with Gasteiger partial charge in [-0.3, -0.25) is 4.55 Å². The van der Waals surface area contributed by atoms with Gasteiger partial charge in [0, 0.05) is 12.5 Å². The number of rotatable bonds is 7. The van der Waals surface area contributed by atoms with Crippen molar-refractivity contribution in [1.82, 2.24) is 0 Å². The molecule has 0 aliphatic heterocycles. The van der Waals surface area contributed by atoms with Crippen LogP contribution in [0.5, 0.6) is 11.5 Å². The van der Waals surface area contributed by atoms with Gasteiger partial charge in [0.25, 0.3) is 15.9 Å². The zero-order valence-corrected chi connectivity index (χ0v) is 15.0. The molecule has 0 spiro atoms. The Kier molecular flexibility index (Phi) is 6.17. The lowest BCUT2D eigenvalue weighted by atomic mass is 10.1. The first-order valence-corrected chi connectivity index (χ1v) is 9.30. The van der Waals surface area contributed by atoms with Crippen LogP contribution in [0, 0.1) is 0 Å². The summed E-state index contributed by atoms with van der Waals surface area (Å²) in [5.41, 5.74) is -0.927. The van der Waals surface area contributed by atoms with Crippen LogP contribution in [-0.2, 0) is 16.3 Å². The van der Waals surface area contributed by atoms with Gasteiger partial charge in [-0.05, 0) is 30.3 Å². The lowest BCUT2D eigenvalue weighted by Gasteiger charge is -2.31. The fourth-order valence-electron chi connectivity index (χ4n) is 2.16. The van der Waals surface area contributed by atoms with E-state index in [0.29, 0.717) is 11.2 Å². The lowest BCUT2D eigenvalue weighted by molar-refractivity contribution is -0.138. The number of ether oxygens (including phenoxy) is 2. The Morgan fingerprint density at radius 3 is 2.15 bits per heavy atom. The van der Waals surface area contributed by atoms with Crippen molar-refractivity contribution in [3.63, 3.8) is 0 Å². The molecule has 0 radical (unpaired) electrons. The lowest BCUT2D eigenvalue weighted by Crippen LogP contribution is -2.40. The summed E-state index contributed by atoms with van der Waals surface area (Å²) in [7, 11) is -4.50. The van der Waals surface area contributed by atoms with Crippen LogP contribution >= 0.6 is 0 Å². The Morgan fingerprint density at radius 1 is 1.00 bits per heavy atom. The Hall–Kier alpha value is -2.52. The highest BCUT2D eigenvalue weighted by molar-refractivity contribution is 7.88. The third-order valence-electron chi connectivity index (χ3n) is 3.47. The Labute approximate surface area is 154 Å². The molecule has 0 saturated heterocycles. The summed E-state index contributed by atoms with van der Waals surface area (Å²) >= 11 is 0. The smallest absolute Gasteiger partial charge is 0.416 e. The van der Waals surface area contributed by atoms with Crippen molar-refractivity contribution in [2.24, 2.45) is 0 Å².